The molecule has 0 heterocycles. The van der Waals surface area contributed by atoms with Crippen molar-refractivity contribution in [2.45, 2.75) is 10.6 Å². The van der Waals surface area contributed by atoms with Gasteiger partial charge in [-0.3, -0.25) is 4.79 Å². The third-order valence-corrected chi connectivity index (χ3v) is 6.46. The Hall–Kier alpha value is -3.12. The van der Waals surface area contributed by atoms with Gasteiger partial charge in [-0.25, -0.2) is 0 Å². The fourth-order valence-electron chi connectivity index (χ4n) is 3.22. The van der Waals surface area contributed by atoms with Gasteiger partial charge in [0.05, 0.1) is 12.8 Å². The fourth-order valence-corrected chi connectivity index (χ4v) is 4.40. The molecule has 0 fully saturated rings. The second-order valence-corrected chi connectivity index (χ2v) is 9.20. The van der Waals surface area contributed by atoms with Gasteiger partial charge >= 0.3 is 0 Å². The van der Waals surface area contributed by atoms with E-state index in [-0.39, 0.29) is 5.91 Å². The molecule has 0 bridgehead atoms. The van der Waals surface area contributed by atoms with Crippen molar-refractivity contribution in [2.75, 3.05) is 12.4 Å². The summed E-state index contributed by atoms with van der Waals surface area (Å²) in [4.78, 5) is 14.2. The maximum atomic E-state index is 13.1. The van der Waals surface area contributed by atoms with Crippen molar-refractivity contribution in [1.29, 1.82) is 0 Å². The van der Waals surface area contributed by atoms with Gasteiger partial charge in [-0.15, -0.1) is 11.8 Å². The van der Waals surface area contributed by atoms with Crippen molar-refractivity contribution in [3.8, 4) is 17.2 Å². The summed E-state index contributed by atoms with van der Waals surface area (Å²) in [5.41, 5.74) is 1.88. The van der Waals surface area contributed by atoms with Crippen LogP contribution < -0.4 is 14.8 Å². The lowest BCUT2D eigenvalue weighted by atomic mass is 10.1. The summed E-state index contributed by atoms with van der Waals surface area (Å²) in [6.07, 6.45) is 0. The van der Waals surface area contributed by atoms with Gasteiger partial charge in [0, 0.05) is 31.8 Å². The first-order valence-electron chi connectivity index (χ1n) is 10.4. The molecule has 4 aromatic rings. The van der Waals surface area contributed by atoms with Crippen LogP contribution in [0.2, 0.25) is 10.0 Å². The summed E-state index contributed by atoms with van der Waals surface area (Å²) in [6.45, 7) is 0. The minimum atomic E-state index is -0.277. The minimum Gasteiger partial charge on any atom is -0.496 e. The first-order chi connectivity index (χ1) is 16.5. The molecule has 1 N–H and O–H groups in total. The predicted octanol–water partition coefficient (Wildman–Crippen LogP) is 8.34. The lowest BCUT2D eigenvalue weighted by molar-refractivity contribution is 0.102. The molecule has 34 heavy (non-hydrogen) atoms. The third-order valence-electron chi connectivity index (χ3n) is 4.91. The SMILES string of the molecule is COc1ccc(C(=O)Nc2cc(Cl)ccc2Oc2ccccc2)cc1CSc1ccc(Cl)cc1. The molecule has 1 amide bonds. The number of thioether (sulfide) groups is 1. The van der Waals surface area contributed by atoms with Crippen LogP contribution in [-0.2, 0) is 5.75 Å². The second-order valence-electron chi connectivity index (χ2n) is 7.28. The van der Waals surface area contributed by atoms with E-state index in [4.69, 9.17) is 32.7 Å². The molecule has 0 aromatic heterocycles. The van der Waals surface area contributed by atoms with Crippen LogP contribution in [0, 0.1) is 0 Å². The number of methoxy groups -OCH3 is 1. The lowest BCUT2D eigenvalue weighted by Gasteiger charge is -2.14. The highest BCUT2D eigenvalue weighted by molar-refractivity contribution is 7.98. The number of benzene rings is 4. The highest BCUT2D eigenvalue weighted by atomic mass is 35.5. The molecule has 7 heteroatoms. The van der Waals surface area contributed by atoms with Gasteiger partial charge in [-0.05, 0) is 72.8 Å². The Kier molecular flexibility index (Phi) is 8.01. The topological polar surface area (TPSA) is 47.6 Å². The van der Waals surface area contributed by atoms with E-state index in [0.29, 0.717) is 44.3 Å². The molecule has 0 saturated heterocycles. The number of rotatable bonds is 8. The average molecular weight is 510 g/mol. The number of para-hydroxylation sites is 1. The highest BCUT2D eigenvalue weighted by Crippen LogP contribution is 2.33. The molecule has 0 radical (unpaired) electrons. The smallest absolute Gasteiger partial charge is 0.255 e. The third kappa shape index (κ3) is 6.26. The Balaban J connectivity index is 1.53. The molecule has 0 atom stereocenters. The van der Waals surface area contributed by atoms with Crippen LogP contribution in [-0.4, -0.2) is 13.0 Å². The molecular weight excluding hydrogens is 489 g/mol. The zero-order valence-electron chi connectivity index (χ0n) is 18.3. The van der Waals surface area contributed by atoms with Crippen molar-refractivity contribution >= 4 is 46.6 Å². The average Bonchev–Trinajstić information content (AvgIpc) is 2.86. The molecule has 172 valence electrons. The molecule has 4 rings (SSSR count). The van der Waals surface area contributed by atoms with Crippen LogP contribution in [0.3, 0.4) is 0 Å². The number of anilines is 1. The minimum absolute atomic E-state index is 0.277. The number of hydrogen-bond donors (Lipinski definition) is 1. The van der Waals surface area contributed by atoms with Crippen LogP contribution >= 0.6 is 35.0 Å². The van der Waals surface area contributed by atoms with E-state index >= 15 is 0 Å². The van der Waals surface area contributed by atoms with Crippen LogP contribution in [0.4, 0.5) is 5.69 Å². The van der Waals surface area contributed by atoms with Gasteiger partial charge in [-0.2, -0.15) is 0 Å². The zero-order valence-corrected chi connectivity index (χ0v) is 20.6. The Morgan fingerprint density at radius 3 is 2.29 bits per heavy atom. The Bertz CT molecular complexity index is 1280. The summed E-state index contributed by atoms with van der Waals surface area (Å²) >= 11 is 13.8. The van der Waals surface area contributed by atoms with Crippen LogP contribution in [0.15, 0.2) is 95.9 Å². The molecule has 0 spiro atoms. The monoisotopic (exact) mass is 509 g/mol. The second kappa shape index (κ2) is 11.3. The largest absolute Gasteiger partial charge is 0.496 e. The van der Waals surface area contributed by atoms with Gasteiger partial charge in [-0.1, -0.05) is 41.4 Å². The molecule has 4 aromatic carbocycles. The Labute approximate surface area is 212 Å². The fraction of sp³-hybridized carbons (Fsp3) is 0.0741. The number of hydrogen-bond acceptors (Lipinski definition) is 4. The zero-order chi connectivity index (χ0) is 23.9. The van der Waals surface area contributed by atoms with E-state index < -0.39 is 0 Å². The maximum Gasteiger partial charge on any atom is 0.255 e. The molecule has 0 saturated carbocycles. The highest BCUT2D eigenvalue weighted by Gasteiger charge is 2.14. The Morgan fingerprint density at radius 1 is 0.853 bits per heavy atom. The molecule has 0 aliphatic rings. The van der Waals surface area contributed by atoms with Crippen molar-refractivity contribution in [3.05, 3.63) is 112 Å². The maximum absolute atomic E-state index is 13.1. The predicted molar refractivity (Wildman–Crippen MR) is 140 cm³/mol. The quantitative estimate of drug-likeness (QED) is 0.242. The van der Waals surface area contributed by atoms with Crippen LogP contribution in [0.1, 0.15) is 15.9 Å². The van der Waals surface area contributed by atoms with Crippen molar-refractivity contribution in [2.24, 2.45) is 0 Å². The van der Waals surface area contributed by atoms with Gasteiger partial charge in [0.15, 0.2) is 5.75 Å². The normalized spacial score (nSPS) is 10.6. The first kappa shape index (κ1) is 24.0. The van der Waals surface area contributed by atoms with Crippen LogP contribution in [0.25, 0.3) is 0 Å². The van der Waals surface area contributed by atoms with Crippen LogP contribution in [0.5, 0.6) is 17.2 Å². The summed E-state index contributed by atoms with van der Waals surface area (Å²) in [7, 11) is 1.62. The number of ether oxygens (including phenoxy) is 2. The van der Waals surface area contributed by atoms with E-state index in [9.17, 15) is 4.79 Å². The van der Waals surface area contributed by atoms with E-state index in [1.807, 2.05) is 60.7 Å². The van der Waals surface area contributed by atoms with Gasteiger partial charge in [0.2, 0.25) is 0 Å². The van der Waals surface area contributed by atoms with E-state index in [1.54, 1.807) is 49.2 Å². The number of carbonyl (C=O) groups is 1. The lowest BCUT2D eigenvalue weighted by Crippen LogP contribution is -2.13. The number of nitrogens with one attached hydrogen (secondary N) is 1. The molecule has 0 aliphatic carbocycles. The number of amides is 1. The van der Waals surface area contributed by atoms with Gasteiger partial charge < -0.3 is 14.8 Å². The van der Waals surface area contributed by atoms with E-state index in [0.717, 1.165) is 10.5 Å². The summed E-state index contributed by atoms with van der Waals surface area (Å²) < 4.78 is 11.5. The summed E-state index contributed by atoms with van der Waals surface area (Å²) in [5, 5.41) is 4.11. The molecule has 0 unspecified atom stereocenters. The standard InChI is InChI=1S/C27H21Cl2NO3S/c1-32-25-13-7-18(15-19(25)17-34-23-11-8-20(28)9-12-23)27(31)30-24-16-21(29)10-14-26(24)33-22-5-3-2-4-6-22/h2-16H,17H2,1H3,(H,30,31). The molecule has 4 nitrogen and oxygen atoms in total. The number of carbonyl (C=O) groups excluding carboxylic acids is 1. The van der Waals surface area contributed by atoms with Crippen molar-refractivity contribution < 1.29 is 14.3 Å². The Morgan fingerprint density at radius 2 is 1.56 bits per heavy atom. The van der Waals surface area contributed by atoms with Gasteiger partial charge in [0.25, 0.3) is 5.91 Å². The first-order valence-corrected chi connectivity index (χ1v) is 12.1. The summed E-state index contributed by atoms with van der Waals surface area (Å²) in [6, 6.07) is 27.4. The van der Waals surface area contributed by atoms with Crippen molar-refractivity contribution in [1.82, 2.24) is 0 Å². The summed E-state index contributed by atoms with van der Waals surface area (Å²) in [5.74, 6) is 2.22. The van der Waals surface area contributed by atoms with Gasteiger partial charge in [0.1, 0.15) is 11.5 Å². The molecular formula is C27H21Cl2NO3S. The van der Waals surface area contributed by atoms with E-state index in [2.05, 4.69) is 5.32 Å². The molecule has 0 aliphatic heterocycles. The van der Waals surface area contributed by atoms with E-state index in [1.165, 1.54) is 0 Å². The van der Waals surface area contributed by atoms with Crippen molar-refractivity contribution in [3.63, 3.8) is 0 Å². The number of halogens is 2.